The van der Waals surface area contributed by atoms with Crippen molar-refractivity contribution in [2.45, 2.75) is 6.18 Å². The number of amides is 1. The molecule has 26 heavy (non-hydrogen) atoms. The van der Waals surface area contributed by atoms with Gasteiger partial charge in [-0.05, 0) is 54.6 Å². The Bertz CT molecular complexity index is 949. The standard InChI is InChI=1S/C18H10ClF4NO2/c19-14-6-1-10(18(21,22)23)9-13(14)15-7-8-16(26-15)17(25)24-12-4-2-11(20)3-5-12/h1-9H,(H,24,25). The number of alkyl halides is 3. The summed E-state index contributed by atoms with van der Waals surface area (Å²) in [6.07, 6.45) is -4.53. The molecule has 2 aromatic carbocycles. The molecule has 8 heteroatoms. The lowest BCUT2D eigenvalue weighted by Gasteiger charge is -2.09. The van der Waals surface area contributed by atoms with E-state index in [1.165, 1.54) is 36.4 Å². The fourth-order valence-corrected chi connectivity index (χ4v) is 2.43. The highest BCUT2D eigenvalue weighted by Gasteiger charge is 2.31. The summed E-state index contributed by atoms with van der Waals surface area (Å²) in [5.74, 6) is -1.20. The lowest BCUT2D eigenvalue weighted by atomic mass is 10.1. The first-order valence-electron chi connectivity index (χ1n) is 7.28. The fraction of sp³-hybridized carbons (Fsp3) is 0.0556. The molecule has 134 valence electrons. The van der Waals surface area contributed by atoms with Crippen LogP contribution in [-0.4, -0.2) is 5.91 Å². The average molecular weight is 384 g/mol. The van der Waals surface area contributed by atoms with Crippen molar-refractivity contribution in [3.05, 3.63) is 76.8 Å². The summed E-state index contributed by atoms with van der Waals surface area (Å²) in [7, 11) is 0. The van der Waals surface area contributed by atoms with Crippen LogP contribution in [0, 0.1) is 5.82 Å². The molecule has 1 aromatic heterocycles. The highest BCUT2D eigenvalue weighted by atomic mass is 35.5. The molecule has 0 saturated heterocycles. The topological polar surface area (TPSA) is 42.2 Å². The Morgan fingerprint density at radius 3 is 2.35 bits per heavy atom. The fourth-order valence-electron chi connectivity index (χ4n) is 2.22. The lowest BCUT2D eigenvalue weighted by Crippen LogP contribution is -2.10. The minimum atomic E-state index is -4.53. The van der Waals surface area contributed by atoms with E-state index < -0.39 is 23.5 Å². The third-order valence-corrected chi connectivity index (χ3v) is 3.82. The van der Waals surface area contributed by atoms with Gasteiger partial charge in [-0.25, -0.2) is 4.39 Å². The van der Waals surface area contributed by atoms with Crippen LogP contribution < -0.4 is 5.32 Å². The van der Waals surface area contributed by atoms with Crippen molar-refractivity contribution in [1.29, 1.82) is 0 Å². The molecule has 0 aliphatic carbocycles. The number of anilines is 1. The van der Waals surface area contributed by atoms with Crippen LogP contribution in [0.2, 0.25) is 5.02 Å². The minimum Gasteiger partial charge on any atom is -0.451 e. The molecule has 0 aliphatic heterocycles. The van der Waals surface area contributed by atoms with Crippen LogP contribution in [0.3, 0.4) is 0 Å². The first-order valence-corrected chi connectivity index (χ1v) is 7.66. The van der Waals surface area contributed by atoms with E-state index in [-0.39, 0.29) is 22.1 Å². The molecule has 0 spiro atoms. The monoisotopic (exact) mass is 383 g/mol. The van der Waals surface area contributed by atoms with Crippen molar-refractivity contribution in [3.8, 4) is 11.3 Å². The van der Waals surface area contributed by atoms with Crippen LogP contribution in [0.4, 0.5) is 23.2 Å². The van der Waals surface area contributed by atoms with Crippen LogP contribution in [-0.2, 0) is 6.18 Å². The van der Waals surface area contributed by atoms with Gasteiger partial charge in [0.25, 0.3) is 5.91 Å². The van der Waals surface area contributed by atoms with Gasteiger partial charge < -0.3 is 9.73 Å². The number of halogens is 5. The Morgan fingerprint density at radius 2 is 1.69 bits per heavy atom. The quantitative estimate of drug-likeness (QED) is 0.563. The maximum atomic E-state index is 12.9. The second-order valence-corrected chi connectivity index (χ2v) is 5.72. The summed E-state index contributed by atoms with van der Waals surface area (Å²) in [5.41, 5.74) is -0.528. The van der Waals surface area contributed by atoms with Crippen molar-refractivity contribution in [2.75, 3.05) is 5.32 Å². The second-order valence-electron chi connectivity index (χ2n) is 5.32. The van der Waals surface area contributed by atoms with Crippen molar-refractivity contribution in [1.82, 2.24) is 0 Å². The number of carbonyl (C=O) groups is 1. The van der Waals surface area contributed by atoms with E-state index in [1.807, 2.05) is 0 Å². The number of nitrogens with one attached hydrogen (secondary N) is 1. The molecule has 1 amide bonds. The molecule has 1 N–H and O–H groups in total. The molecule has 0 unspecified atom stereocenters. The Labute approximate surface area is 150 Å². The molecule has 0 aliphatic rings. The number of hydrogen-bond donors (Lipinski definition) is 1. The van der Waals surface area contributed by atoms with E-state index in [0.29, 0.717) is 5.69 Å². The highest BCUT2D eigenvalue weighted by Crippen LogP contribution is 2.36. The predicted octanol–water partition coefficient (Wildman–Crippen LogP) is 6.01. The van der Waals surface area contributed by atoms with Gasteiger partial charge in [0.05, 0.1) is 10.6 Å². The Hall–Kier alpha value is -2.80. The van der Waals surface area contributed by atoms with Gasteiger partial charge in [0.15, 0.2) is 5.76 Å². The third-order valence-electron chi connectivity index (χ3n) is 3.49. The molecular weight excluding hydrogens is 374 g/mol. The number of hydrogen-bond acceptors (Lipinski definition) is 2. The van der Waals surface area contributed by atoms with E-state index in [4.69, 9.17) is 16.0 Å². The van der Waals surface area contributed by atoms with Gasteiger partial charge in [-0.15, -0.1) is 0 Å². The predicted molar refractivity (Wildman–Crippen MR) is 88.5 cm³/mol. The van der Waals surface area contributed by atoms with Gasteiger partial charge >= 0.3 is 6.18 Å². The molecule has 3 rings (SSSR count). The van der Waals surface area contributed by atoms with E-state index in [1.54, 1.807) is 0 Å². The molecule has 3 aromatic rings. The van der Waals surface area contributed by atoms with Gasteiger partial charge in [0.2, 0.25) is 0 Å². The maximum absolute atomic E-state index is 12.9. The van der Waals surface area contributed by atoms with Crippen LogP contribution in [0.1, 0.15) is 16.1 Å². The van der Waals surface area contributed by atoms with Crippen molar-refractivity contribution in [3.63, 3.8) is 0 Å². The maximum Gasteiger partial charge on any atom is 0.416 e. The lowest BCUT2D eigenvalue weighted by molar-refractivity contribution is -0.137. The van der Waals surface area contributed by atoms with Crippen LogP contribution in [0.5, 0.6) is 0 Å². The Balaban J connectivity index is 1.85. The molecule has 0 atom stereocenters. The van der Waals surface area contributed by atoms with Gasteiger partial charge in [-0.3, -0.25) is 4.79 Å². The van der Waals surface area contributed by atoms with Crippen LogP contribution in [0.15, 0.2) is 59.0 Å². The van der Waals surface area contributed by atoms with Crippen LogP contribution >= 0.6 is 11.6 Å². The number of rotatable bonds is 3. The highest BCUT2D eigenvalue weighted by molar-refractivity contribution is 6.33. The van der Waals surface area contributed by atoms with Gasteiger partial charge in [-0.2, -0.15) is 13.2 Å². The molecule has 1 heterocycles. The average Bonchev–Trinajstić information content (AvgIpc) is 3.06. The normalized spacial score (nSPS) is 11.4. The van der Waals surface area contributed by atoms with E-state index in [0.717, 1.165) is 18.2 Å². The number of carbonyl (C=O) groups excluding carboxylic acids is 1. The zero-order valence-electron chi connectivity index (χ0n) is 12.9. The largest absolute Gasteiger partial charge is 0.451 e. The summed E-state index contributed by atoms with van der Waals surface area (Å²) in [6.45, 7) is 0. The first-order chi connectivity index (χ1) is 12.2. The third kappa shape index (κ3) is 3.88. The van der Waals surface area contributed by atoms with Crippen molar-refractivity contribution in [2.24, 2.45) is 0 Å². The summed E-state index contributed by atoms with van der Waals surface area (Å²) in [6, 6.07) is 10.5. The Kier molecular flexibility index (Phi) is 4.73. The molecule has 3 nitrogen and oxygen atoms in total. The summed E-state index contributed by atoms with van der Waals surface area (Å²) in [5, 5.41) is 2.54. The minimum absolute atomic E-state index is 0.0160. The van der Waals surface area contributed by atoms with E-state index in [2.05, 4.69) is 5.32 Å². The smallest absolute Gasteiger partial charge is 0.416 e. The van der Waals surface area contributed by atoms with Crippen molar-refractivity contribution >= 4 is 23.2 Å². The molecule has 0 bridgehead atoms. The van der Waals surface area contributed by atoms with Crippen molar-refractivity contribution < 1.29 is 26.8 Å². The Morgan fingerprint density at radius 1 is 1.00 bits per heavy atom. The second kappa shape index (κ2) is 6.84. The zero-order valence-corrected chi connectivity index (χ0v) is 13.7. The molecule has 0 fully saturated rings. The number of furan rings is 1. The zero-order chi connectivity index (χ0) is 18.9. The summed E-state index contributed by atoms with van der Waals surface area (Å²) >= 11 is 5.95. The van der Waals surface area contributed by atoms with Gasteiger partial charge in [0, 0.05) is 11.3 Å². The van der Waals surface area contributed by atoms with Gasteiger partial charge in [0.1, 0.15) is 11.6 Å². The van der Waals surface area contributed by atoms with E-state index in [9.17, 15) is 22.4 Å². The SMILES string of the molecule is O=C(Nc1ccc(F)cc1)c1ccc(-c2cc(C(F)(F)F)ccc2Cl)o1. The molecule has 0 saturated carbocycles. The molecular formula is C18H10ClF4NO2. The first kappa shape index (κ1) is 18.0. The van der Waals surface area contributed by atoms with Crippen LogP contribution in [0.25, 0.3) is 11.3 Å². The van der Waals surface area contributed by atoms with Gasteiger partial charge in [-0.1, -0.05) is 11.6 Å². The van der Waals surface area contributed by atoms with E-state index >= 15 is 0 Å². The summed E-state index contributed by atoms with van der Waals surface area (Å²) in [4.78, 5) is 12.1. The number of benzene rings is 2. The molecule has 0 radical (unpaired) electrons. The summed E-state index contributed by atoms with van der Waals surface area (Å²) < 4.78 is 56.8.